The molecule has 0 aliphatic heterocycles. The summed E-state index contributed by atoms with van der Waals surface area (Å²) in [7, 11) is 0. The molecule has 0 N–H and O–H groups in total. The number of nitrogens with zero attached hydrogens (tertiary/aromatic N) is 4. The summed E-state index contributed by atoms with van der Waals surface area (Å²) in [6, 6.07) is 70.6. The molecule has 10 aromatic rings. The minimum atomic E-state index is -0.194. The first-order valence-electron chi connectivity index (χ1n) is 23.1. The van der Waals surface area contributed by atoms with E-state index in [2.05, 4.69) is 184 Å². The Hall–Kier alpha value is -8.70. The van der Waals surface area contributed by atoms with Gasteiger partial charge in [0.1, 0.15) is 0 Å². The van der Waals surface area contributed by atoms with Gasteiger partial charge in [-0.3, -0.25) is 0 Å². The van der Waals surface area contributed by atoms with Crippen molar-refractivity contribution >= 4 is 16.6 Å². The normalized spacial score (nSPS) is 13.5. The van der Waals surface area contributed by atoms with Crippen molar-refractivity contribution in [1.82, 2.24) is 9.97 Å². The van der Waals surface area contributed by atoms with Crippen molar-refractivity contribution in [1.29, 1.82) is 5.26 Å². The molecule has 0 spiro atoms. The highest BCUT2D eigenvalue weighted by Gasteiger charge is 2.37. The van der Waals surface area contributed by atoms with Gasteiger partial charge in [-0.25, -0.2) is 14.8 Å². The first-order chi connectivity index (χ1) is 33.1. The lowest BCUT2D eigenvalue weighted by atomic mass is 9.81. The van der Waals surface area contributed by atoms with Gasteiger partial charge >= 0.3 is 0 Å². The van der Waals surface area contributed by atoms with Crippen molar-refractivity contribution in [2.45, 2.75) is 38.5 Å². The zero-order valence-electron chi connectivity index (χ0n) is 38.3. The van der Waals surface area contributed by atoms with Crippen molar-refractivity contribution in [3.63, 3.8) is 0 Å². The summed E-state index contributed by atoms with van der Waals surface area (Å²) < 4.78 is 0. The van der Waals surface area contributed by atoms with Crippen LogP contribution >= 0.6 is 0 Å². The van der Waals surface area contributed by atoms with Gasteiger partial charge in [0.2, 0.25) is 0 Å². The van der Waals surface area contributed by atoms with Crippen LogP contribution in [0.15, 0.2) is 194 Å². The monoisotopic (exact) mass is 868 g/mol. The van der Waals surface area contributed by atoms with E-state index in [1.807, 2.05) is 48.5 Å². The fraction of sp³-hybridized carbons (Fsp3) is 0.0938. The molecule has 4 heteroatoms. The van der Waals surface area contributed by atoms with E-state index < -0.39 is 0 Å². The molecule has 0 unspecified atom stereocenters. The lowest BCUT2D eigenvalue weighted by Crippen LogP contribution is -2.15. The molecular weight excluding hydrogens is 825 g/mol. The predicted molar refractivity (Wildman–Crippen MR) is 278 cm³/mol. The third kappa shape index (κ3) is 6.34. The maximum atomic E-state index is 9.92. The van der Waals surface area contributed by atoms with E-state index >= 15 is 0 Å². The summed E-state index contributed by atoms with van der Waals surface area (Å²) in [5.74, 6) is 0.606. The summed E-state index contributed by atoms with van der Waals surface area (Å²) in [4.78, 5) is 14.9. The second-order valence-corrected chi connectivity index (χ2v) is 19.1. The van der Waals surface area contributed by atoms with Gasteiger partial charge in [0.15, 0.2) is 11.5 Å². The number of nitriles is 1. The van der Waals surface area contributed by atoms with Crippen LogP contribution in [0.1, 0.15) is 55.5 Å². The summed E-state index contributed by atoms with van der Waals surface area (Å²) in [6.45, 7) is 17.2. The fourth-order valence-corrected chi connectivity index (χ4v) is 11.0. The highest BCUT2D eigenvalue weighted by molar-refractivity contribution is 6.05. The number of rotatable bonds is 6. The Morgan fingerprint density at radius 2 is 0.897 bits per heavy atom. The number of para-hydroxylation sites is 1. The zero-order valence-corrected chi connectivity index (χ0v) is 38.3. The molecule has 0 saturated heterocycles. The van der Waals surface area contributed by atoms with Gasteiger partial charge in [0, 0.05) is 32.9 Å². The van der Waals surface area contributed by atoms with Gasteiger partial charge in [0.05, 0.1) is 29.4 Å². The minimum absolute atomic E-state index is 0.162. The van der Waals surface area contributed by atoms with Gasteiger partial charge < -0.3 is 0 Å². The second kappa shape index (κ2) is 15.5. The number of aromatic nitrogens is 2. The fourth-order valence-electron chi connectivity index (χ4n) is 11.0. The number of hydrogen-bond acceptors (Lipinski definition) is 3. The van der Waals surface area contributed by atoms with E-state index in [-0.39, 0.29) is 10.8 Å². The summed E-state index contributed by atoms with van der Waals surface area (Å²) in [5.41, 5.74) is 22.9. The van der Waals surface area contributed by atoms with Gasteiger partial charge in [-0.2, -0.15) is 5.26 Å². The molecule has 12 rings (SSSR count). The number of hydrogen-bond donors (Lipinski definition) is 0. The van der Waals surface area contributed by atoms with E-state index in [1.165, 1.54) is 44.5 Å². The minimum Gasteiger partial charge on any atom is -0.238 e. The van der Waals surface area contributed by atoms with E-state index in [0.29, 0.717) is 17.1 Å². The summed E-state index contributed by atoms with van der Waals surface area (Å²) in [5, 5.41) is 10.9. The van der Waals surface area contributed by atoms with Crippen LogP contribution in [0.2, 0.25) is 0 Å². The predicted octanol–water partition coefficient (Wildman–Crippen LogP) is 16.7. The average Bonchev–Trinajstić information content (AvgIpc) is 3.76. The Bertz CT molecular complexity index is 3800. The molecule has 9 aromatic carbocycles. The molecule has 4 nitrogen and oxygen atoms in total. The second-order valence-electron chi connectivity index (χ2n) is 19.1. The molecule has 0 amide bonds. The maximum Gasteiger partial charge on any atom is 0.194 e. The molecule has 0 radical (unpaired) electrons. The van der Waals surface area contributed by atoms with Crippen LogP contribution in [-0.2, 0) is 10.8 Å². The molecule has 2 aliphatic rings. The smallest absolute Gasteiger partial charge is 0.194 e. The van der Waals surface area contributed by atoms with Crippen LogP contribution in [0.25, 0.3) is 105 Å². The Balaban J connectivity index is 1.11. The third-order valence-corrected chi connectivity index (χ3v) is 14.6. The Morgan fingerprint density at radius 3 is 1.53 bits per heavy atom. The summed E-state index contributed by atoms with van der Waals surface area (Å²) in [6.07, 6.45) is 0. The first kappa shape index (κ1) is 40.8. The average molecular weight is 869 g/mol. The summed E-state index contributed by atoms with van der Waals surface area (Å²) >= 11 is 0. The van der Waals surface area contributed by atoms with E-state index in [4.69, 9.17) is 16.5 Å². The molecule has 1 heterocycles. The topological polar surface area (TPSA) is 53.9 Å². The van der Waals surface area contributed by atoms with Crippen LogP contribution in [0, 0.1) is 17.9 Å². The van der Waals surface area contributed by atoms with E-state index in [1.54, 1.807) is 0 Å². The van der Waals surface area contributed by atoms with Crippen molar-refractivity contribution in [2.75, 3.05) is 0 Å². The van der Waals surface area contributed by atoms with Crippen LogP contribution < -0.4 is 0 Å². The molecule has 0 atom stereocenters. The lowest BCUT2D eigenvalue weighted by molar-refractivity contribution is 0.660. The SMILES string of the molecule is [C-]#[N+]c1ccccc1-c1ccc(-c2nc(-c3ccc(-c4ccccc4C#N)cc3)nc3c(-c4ccc5c(c4)C(C)(C)c4ccccc4-5)cc(-c4ccc5c(c4)C(C)(C)c4ccccc4-5)cc23)cc1. The highest BCUT2D eigenvalue weighted by Crippen LogP contribution is 2.52. The Morgan fingerprint density at radius 1 is 0.412 bits per heavy atom. The van der Waals surface area contributed by atoms with E-state index in [9.17, 15) is 5.26 Å². The van der Waals surface area contributed by atoms with Crippen LogP contribution in [-0.4, -0.2) is 9.97 Å². The van der Waals surface area contributed by atoms with Crippen molar-refractivity contribution < 1.29 is 0 Å². The Labute approximate surface area is 397 Å². The zero-order chi connectivity index (χ0) is 46.3. The Kier molecular flexibility index (Phi) is 9.27. The van der Waals surface area contributed by atoms with Crippen molar-refractivity contribution in [2.24, 2.45) is 0 Å². The molecule has 0 saturated carbocycles. The first-order valence-corrected chi connectivity index (χ1v) is 23.1. The van der Waals surface area contributed by atoms with Crippen molar-refractivity contribution in [3.05, 3.63) is 233 Å². The molecule has 68 heavy (non-hydrogen) atoms. The third-order valence-electron chi connectivity index (χ3n) is 14.6. The van der Waals surface area contributed by atoms with Crippen LogP contribution in [0.5, 0.6) is 0 Å². The lowest BCUT2D eigenvalue weighted by Gasteiger charge is -2.23. The molecular formula is C64H44N4. The largest absolute Gasteiger partial charge is 0.238 e. The molecule has 0 bridgehead atoms. The molecule has 2 aliphatic carbocycles. The van der Waals surface area contributed by atoms with Gasteiger partial charge in [0.25, 0.3) is 0 Å². The van der Waals surface area contributed by atoms with Crippen LogP contribution in [0.4, 0.5) is 5.69 Å². The molecule has 1 aromatic heterocycles. The quantitative estimate of drug-likeness (QED) is 0.156. The number of benzene rings is 9. The van der Waals surface area contributed by atoms with Gasteiger partial charge in [-0.15, -0.1) is 0 Å². The van der Waals surface area contributed by atoms with E-state index in [0.717, 1.165) is 72.2 Å². The standard InChI is InChI=1S/C64H44N4/c1-63(2)55-19-11-8-17-49(55)51-32-30-43(36-57(51)63)46-34-53(44-31-33-52-50-18-9-12-20-56(50)64(3,4)58(52)37-44)61-54(35-46)60(41-26-22-40(23-27-41)48-16-10-13-21-59(48)66-5)67-62(68-61)42-28-24-39(25-29-42)47-15-7-6-14-45(47)38-65/h6-37H,1-4H3. The molecule has 0 fully saturated rings. The van der Waals surface area contributed by atoms with Gasteiger partial charge in [-0.1, -0.05) is 191 Å². The van der Waals surface area contributed by atoms with Gasteiger partial charge in [-0.05, 0) is 114 Å². The van der Waals surface area contributed by atoms with Crippen LogP contribution in [0.3, 0.4) is 0 Å². The molecule has 320 valence electrons. The van der Waals surface area contributed by atoms with Crippen molar-refractivity contribution in [3.8, 4) is 95.5 Å². The number of fused-ring (bicyclic) bond motifs is 7. The highest BCUT2D eigenvalue weighted by atomic mass is 14.9. The maximum absolute atomic E-state index is 9.92.